The van der Waals surface area contributed by atoms with Crippen LogP contribution in [-0.2, 0) is 4.79 Å². The van der Waals surface area contributed by atoms with Crippen molar-refractivity contribution < 1.29 is 13.9 Å². The van der Waals surface area contributed by atoms with Gasteiger partial charge in [-0.1, -0.05) is 25.1 Å². The van der Waals surface area contributed by atoms with Crippen LogP contribution in [0.2, 0.25) is 0 Å². The number of carbonyl (C=O) groups excluding carboxylic acids is 1. The van der Waals surface area contributed by atoms with Gasteiger partial charge in [-0.05, 0) is 49.1 Å². The number of hydrogen-bond acceptors (Lipinski definition) is 3. The van der Waals surface area contributed by atoms with Gasteiger partial charge in [-0.25, -0.2) is 0 Å². The van der Waals surface area contributed by atoms with Gasteiger partial charge in [0, 0.05) is 25.6 Å². The summed E-state index contributed by atoms with van der Waals surface area (Å²) < 4.78 is 11.4. The average Bonchev–Trinajstić information content (AvgIpc) is 3.17. The highest BCUT2D eigenvalue weighted by Gasteiger charge is 2.36. The van der Waals surface area contributed by atoms with Gasteiger partial charge in [0.05, 0.1) is 6.61 Å². The summed E-state index contributed by atoms with van der Waals surface area (Å²) in [5.41, 5.74) is 0. The van der Waals surface area contributed by atoms with Gasteiger partial charge >= 0.3 is 0 Å². The normalized spacial score (nSPS) is 19.1. The lowest BCUT2D eigenvalue weighted by molar-refractivity contribution is -0.124. The number of amides is 1. The Balaban J connectivity index is 1.39. The molecule has 1 aromatic heterocycles. The number of furan rings is 1. The van der Waals surface area contributed by atoms with Gasteiger partial charge in [0.25, 0.3) is 0 Å². The monoisotopic (exact) mass is 339 g/mol. The summed E-state index contributed by atoms with van der Waals surface area (Å²) in [6, 6.07) is 13.6. The minimum atomic E-state index is -0.0301. The Morgan fingerprint density at radius 1 is 1.28 bits per heavy atom. The van der Waals surface area contributed by atoms with Crippen molar-refractivity contribution in [2.75, 3.05) is 20.2 Å². The van der Waals surface area contributed by atoms with Gasteiger partial charge in [-0.3, -0.25) is 4.79 Å². The van der Waals surface area contributed by atoms with Crippen molar-refractivity contribution in [2.24, 2.45) is 5.92 Å². The SMILES string of the molecule is CC1CC1c1ccc(/C=C/C(=O)N(C)CCCOc2ccccc2)o1. The lowest BCUT2D eigenvalue weighted by atomic mass is 10.3. The summed E-state index contributed by atoms with van der Waals surface area (Å²) in [4.78, 5) is 13.8. The maximum atomic E-state index is 12.1. The van der Waals surface area contributed by atoms with Crippen molar-refractivity contribution in [1.29, 1.82) is 0 Å². The van der Waals surface area contributed by atoms with E-state index in [2.05, 4.69) is 6.92 Å². The predicted molar refractivity (Wildman–Crippen MR) is 98.5 cm³/mol. The van der Waals surface area contributed by atoms with Crippen molar-refractivity contribution in [2.45, 2.75) is 25.7 Å². The molecule has 2 atom stereocenters. The van der Waals surface area contributed by atoms with Crippen LogP contribution < -0.4 is 4.74 Å². The van der Waals surface area contributed by atoms with Gasteiger partial charge < -0.3 is 14.1 Å². The largest absolute Gasteiger partial charge is 0.494 e. The van der Waals surface area contributed by atoms with Crippen LogP contribution in [0.15, 0.2) is 53.0 Å². The molecule has 1 aliphatic rings. The first kappa shape index (κ1) is 17.3. The fourth-order valence-electron chi connectivity index (χ4n) is 2.78. The van der Waals surface area contributed by atoms with Crippen molar-refractivity contribution >= 4 is 12.0 Å². The van der Waals surface area contributed by atoms with Gasteiger partial charge in [0.15, 0.2) is 0 Å². The molecule has 1 amide bonds. The van der Waals surface area contributed by atoms with Crippen molar-refractivity contribution in [3.8, 4) is 5.75 Å². The Morgan fingerprint density at radius 2 is 2.04 bits per heavy atom. The smallest absolute Gasteiger partial charge is 0.246 e. The second kappa shape index (κ2) is 8.06. The number of benzene rings is 1. The van der Waals surface area contributed by atoms with E-state index in [1.165, 1.54) is 6.42 Å². The Morgan fingerprint density at radius 3 is 2.76 bits per heavy atom. The van der Waals surface area contributed by atoms with E-state index in [0.717, 1.165) is 23.7 Å². The summed E-state index contributed by atoms with van der Waals surface area (Å²) in [6.07, 6.45) is 5.30. The van der Waals surface area contributed by atoms with Crippen LogP contribution in [0, 0.1) is 5.92 Å². The van der Waals surface area contributed by atoms with E-state index in [-0.39, 0.29) is 5.91 Å². The number of carbonyl (C=O) groups is 1. The quantitative estimate of drug-likeness (QED) is 0.530. The maximum Gasteiger partial charge on any atom is 0.246 e. The molecule has 2 unspecified atom stereocenters. The molecule has 1 aromatic carbocycles. The number of hydrogen-bond donors (Lipinski definition) is 0. The molecule has 1 heterocycles. The van der Waals surface area contributed by atoms with E-state index in [1.54, 1.807) is 24.1 Å². The fourth-order valence-corrected chi connectivity index (χ4v) is 2.78. The zero-order valence-corrected chi connectivity index (χ0v) is 14.9. The van der Waals surface area contributed by atoms with Crippen LogP contribution in [-0.4, -0.2) is 31.0 Å². The van der Waals surface area contributed by atoms with Crippen molar-refractivity contribution in [3.63, 3.8) is 0 Å². The Bertz CT molecular complexity index is 720. The third-order valence-corrected chi connectivity index (χ3v) is 4.54. The van der Waals surface area contributed by atoms with Crippen LogP contribution in [0.3, 0.4) is 0 Å². The minimum Gasteiger partial charge on any atom is -0.494 e. The molecule has 4 heteroatoms. The lowest BCUT2D eigenvalue weighted by Gasteiger charge is -2.15. The second-order valence-corrected chi connectivity index (χ2v) is 6.67. The van der Waals surface area contributed by atoms with Crippen LogP contribution >= 0.6 is 0 Å². The van der Waals surface area contributed by atoms with Crippen molar-refractivity contribution in [1.82, 2.24) is 4.90 Å². The molecular formula is C21H25NO3. The van der Waals surface area contributed by atoms with Crippen LogP contribution in [0.25, 0.3) is 6.08 Å². The molecule has 0 aliphatic heterocycles. The molecule has 2 aromatic rings. The number of para-hydroxylation sites is 1. The summed E-state index contributed by atoms with van der Waals surface area (Å²) in [6.45, 7) is 3.47. The fraction of sp³-hybridized carbons (Fsp3) is 0.381. The molecule has 0 saturated heterocycles. The molecule has 0 N–H and O–H groups in total. The first-order valence-corrected chi connectivity index (χ1v) is 8.84. The highest BCUT2D eigenvalue weighted by molar-refractivity contribution is 5.91. The molecule has 25 heavy (non-hydrogen) atoms. The number of likely N-dealkylation sites (N-methyl/N-ethyl adjacent to an activating group) is 1. The predicted octanol–water partition coefficient (Wildman–Crippen LogP) is 4.34. The highest BCUT2D eigenvalue weighted by atomic mass is 16.5. The molecule has 1 saturated carbocycles. The standard InChI is InChI=1S/C21H25NO3/c1-16-15-19(16)20-11-9-18(25-20)10-12-21(23)22(2)13-6-14-24-17-7-4-3-5-8-17/h3-5,7-12,16,19H,6,13-15H2,1-2H3/b12-10+. The van der Waals surface area contributed by atoms with Gasteiger partial charge in [0.2, 0.25) is 5.91 Å². The van der Waals surface area contributed by atoms with E-state index in [1.807, 2.05) is 42.5 Å². The van der Waals surface area contributed by atoms with E-state index >= 15 is 0 Å². The van der Waals surface area contributed by atoms with Crippen molar-refractivity contribution in [3.05, 3.63) is 60.1 Å². The molecule has 132 valence electrons. The molecule has 4 nitrogen and oxygen atoms in total. The molecule has 0 radical (unpaired) electrons. The number of rotatable bonds is 8. The van der Waals surface area contributed by atoms with Gasteiger partial charge in [-0.15, -0.1) is 0 Å². The summed E-state index contributed by atoms with van der Waals surface area (Å²) in [5, 5.41) is 0. The number of nitrogens with zero attached hydrogens (tertiary/aromatic N) is 1. The van der Waals surface area contributed by atoms with E-state index < -0.39 is 0 Å². The second-order valence-electron chi connectivity index (χ2n) is 6.67. The minimum absolute atomic E-state index is 0.0301. The summed E-state index contributed by atoms with van der Waals surface area (Å²) in [5.74, 6) is 3.88. The van der Waals surface area contributed by atoms with Gasteiger partial charge in [0.1, 0.15) is 17.3 Å². The Kier molecular flexibility index (Phi) is 5.59. The first-order chi connectivity index (χ1) is 12.1. The molecule has 1 fully saturated rings. The summed E-state index contributed by atoms with van der Waals surface area (Å²) in [7, 11) is 1.80. The van der Waals surface area contributed by atoms with Crippen LogP contribution in [0.4, 0.5) is 0 Å². The van der Waals surface area contributed by atoms with E-state index in [9.17, 15) is 4.79 Å². The average molecular weight is 339 g/mol. The molecule has 1 aliphatic carbocycles. The summed E-state index contributed by atoms with van der Waals surface area (Å²) >= 11 is 0. The molecular weight excluding hydrogens is 314 g/mol. The van der Waals surface area contributed by atoms with Gasteiger partial charge in [-0.2, -0.15) is 0 Å². The van der Waals surface area contributed by atoms with Crippen LogP contribution in [0.1, 0.15) is 37.2 Å². The van der Waals surface area contributed by atoms with Crippen LogP contribution in [0.5, 0.6) is 5.75 Å². The zero-order valence-electron chi connectivity index (χ0n) is 14.9. The Hall–Kier alpha value is -2.49. The maximum absolute atomic E-state index is 12.1. The lowest BCUT2D eigenvalue weighted by Crippen LogP contribution is -2.26. The third kappa shape index (κ3) is 4.99. The number of ether oxygens (including phenoxy) is 1. The van der Waals surface area contributed by atoms with E-state index in [0.29, 0.717) is 25.0 Å². The Labute approximate surface area is 149 Å². The zero-order chi connectivity index (χ0) is 17.6. The van der Waals surface area contributed by atoms with E-state index in [4.69, 9.17) is 9.15 Å². The molecule has 0 bridgehead atoms. The highest BCUT2D eigenvalue weighted by Crippen LogP contribution is 2.47. The molecule has 3 rings (SSSR count). The first-order valence-electron chi connectivity index (χ1n) is 8.84. The third-order valence-electron chi connectivity index (χ3n) is 4.54. The molecule has 0 spiro atoms. The topological polar surface area (TPSA) is 42.7 Å².